The molecule has 1 heterocycles. The van der Waals surface area contributed by atoms with Crippen LogP contribution in [0.1, 0.15) is 49.8 Å². The quantitative estimate of drug-likeness (QED) is 0.841. The van der Waals surface area contributed by atoms with Crippen LogP contribution in [0, 0.1) is 5.92 Å². The summed E-state index contributed by atoms with van der Waals surface area (Å²) in [6, 6.07) is 16.3. The van der Waals surface area contributed by atoms with Gasteiger partial charge in [0, 0.05) is 25.2 Å². The van der Waals surface area contributed by atoms with Crippen molar-refractivity contribution in [1.82, 2.24) is 5.32 Å². The van der Waals surface area contributed by atoms with E-state index in [-0.39, 0.29) is 24.2 Å². The van der Waals surface area contributed by atoms with Gasteiger partial charge < -0.3 is 10.2 Å². The molecule has 0 radical (unpaired) electrons. The highest BCUT2D eigenvalue weighted by Crippen LogP contribution is 2.25. The molecule has 3 rings (SSSR count). The molecular formula is C23H28N2O2. The van der Waals surface area contributed by atoms with E-state index in [4.69, 9.17) is 0 Å². The Morgan fingerprint density at radius 1 is 1.07 bits per heavy atom. The molecular weight excluding hydrogens is 336 g/mol. The van der Waals surface area contributed by atoms with Gasteiger partial charge in [0.25, 0.3) is 0 Å². The molecule has 0 bridgehead atoms. The first-order chi connectivity index (χ1) is 13.0. The minimum absolute atomic E-state index is 0.0145. The highest BCUT2D eigenvalue weighted by atomic mass is 16.2. The zero-order valence-corrected chi connectivity index (χ0v) is 16.4. The number of benzene rings is 2. The van der Waals surface area contributed by atoms with Crippen molar-refractivity contribution >= 4 is 17.5 Å². The Labute approximate surface area is 161 Å². The fourth-order valence-electron chi connectivity index (χ4n) is 3.40. The summed E-state index contributed by atoms with van der Waals surface area (Å²) in [4.78, 5) is 26.6. The molecule has 2 amide bonds. The van der Waals surface area contributed by atoms with Crippen LogP contribution in [-0.2, 0) is 22.6 Å². The second-order valence-electron chi connectivity index (χ2n) is 7.54. The average molecular weight is 364 g/mol. The van der Waals surface area contributed by atoms with Crippen LogP contribution in [0.15, 0.2) is 48.5 Å². The van der Waals surface area contributed by atoms with Gasteiger partial charge in [0.05, 0.1) is 5.92 Å². The standard InChI is InChI=1S/C23H28N2O2/c1-4-17-7-11-21(12-8-17)25-15-20(13-22(25)26)23(27)24-14-18-5-9-19(10-6-18)16(2)3/h5-12,16,20H,4,13-15H2,1-3H3,(H,24,27)/t20-/m0/s1. The first-order valence-corrected chi connectivity index (χ1v) is 9.73. The predicted octanol–water partition coefficient (Wildman–Crippen LogP) is 4.04. The topological polar surface area (TPSA) is 49.4 Å². The van der Waals surface area contributed by atoms with E-state index >= 15 is 0 Å². The molecule has 0 saturated carbocycles. The summed E-state index contributed by atoms with van der Waals surface area (Å²) >= 11 is 0. The molecule has 2 aromatic rings. The number of anilines is 1. The molecule has 1 aliphatic heterocycles. The molecule has 0 unspecified atom stereocenters. The van der Waals surface area contributed by atoms with Crippen LogP contribution in [0.5, 0.6) is 0 Å². The monoisotopic (exact) mass is 364 g/mol. The maximum atomic E-state index is 12.5. The SMILES string of the molecule is CCc1ccc(N2C[C@@H](C(=O)NCc3ccc(C(C)C)cc3)CC2=O)cc1. The summed E-state index contributed by atoms with van der Waals surface area (Å²) in [5, 5.41) is 2.98. The second kappa shape index (κ2) is 8.38. The molecule has 0 spiro atoms. The molecule has 1 N–H and O–H groups in total. The number of nitrogens with one attached hydrogen (secondary N) is 1. The van der Waals surface area contributed by atoms with E-state index in [9.17, 15) is 9.59 Å². The number of hydrogen-bond donors (Lipinski definition) is 1. The van der Waals surface area contributed by atoms with E-state index in [1.807, 2.05) is 24.3 Å². The summed E-state index contributed by atoms with van der Waals surface area (Å²) in [5.41, 5.74) is 4.47. The highest BCUT2D eigenvalue weighted by Gasteiger charge is 2.34. The first-order valence-electron chi connectivity index (χ1n) is 9.73. The van der Waals surface area contributed by atoms with Gasteiger partial charge >= 0.3 is 0 Å². The van der Waals surface area contributed by atoms with Crippen LogP contribution in [0.3, 0.4) is 0 Å². The summed E-state index contributed by atoms with van der Waals surface area (Å²) in [7, 11) is 0. The van der Waals surface area contributed by atoms with Gasteiger partial charge in [0.2, 0.25) is 11.8 Å². The van der Waals surface area contributed by atoms with Crippen molar-refractivity contribution < 1.29 is 9.59 Å². The molecule has 1 atom stereocenters. The van der Waals surface area contributed by atoms with Crippen molar-refractivity contribution in [2.24, 2.45) is 5.92 Å². The van der Waals surface area contributed by atoms with E-state index in [1.54, 1.807) is 4.90 Å². The van der Waals surface area contributed by atoms with Crippen LogP contribution >= 0.6 is 0 Å². The molecule has 142 valence electrons. The van der Waals surface area contributed by atoms with E-state index in [0.29, 0.717) is 19.0 Å². The van der Waals surface area contributed by atoms with Crippen molar-refractivity contribution in [3.63, 3.8) is 0 Å². The lowest BCUT2D eigenvalue weighted by Crippen LogP contribution is -2.32. The Morgan fingerprint density at radius 2 is 1.70 bits per heavy atom. The van der Waals surface area contributed by atoms with Gasteiger partial charge in [-0.15, -0.1) is 0 Å². The Bertz CT molecular complexity index is 794. The van der Waals surface area contributed by atoms with Crippen molar-refractivity contribution in [3.05, 3.63) is 65.2 Å². The zero-order chi connectivity index (χ0) is 19.4. The number of nitrogens with zero attached hydrogens (tertiary/aromatic N) is 1. The molecule has 2 aromatic carbocycles. The molecule has 1 fully saturated rings. The van der Waals surface area contributed by atoms with Crippen molar-refractivity contribution in [2.75, 3.05) is 11.4 Å². The fourth-order valence-corrected chi connectivity index (χ4v) is 3.40. The van der Waals surface area contributed by atoms with Gasteiger partial charge in [-0.25, -0.2) is 0 Å². The molecule has 4 heteroatoms. The van der Waals surface area contributed by atoms with Crippen molar-refractivity contribution in [3.8, 4) is 0 Å². The highest BCUT2D eigenvalue weighted by molar-refractivity contribution is 6.00. The van der Waals surface area contributed by atoms with Gasteiger partial charge in [-0.05, 0) is 41.2 Å². The first kappa shape index (κ1) is 19.2. The summed E-state index contributed by atoms with van der Waals surface area (Å²) in [6.07, 6.45) is 1.24. The van der Waals surface area contributed by atoms with E-state index in [1.165, 1.54) is 11.1 Å². The Hall–Kier alpha value is -2.62. The fraction of sp³-hybridized carbons (Fsp3) is 0.391. The summed E-state index contributed by atoms with van der Waals surface area (Å²) in [6.45, 7) is 7.37. The number of aryl methyl sites for hydroxylation is 1. The van der Waals surface area contributed by atoms with Gasteiger partial charge in [-0.1, -0.05) is 57.2 Å². The summed E-state index contributed by atoms with van der Waals surface area (Å²) in [5.74, 6) is 0.165. The smallest absolute Gasteiger partial charge is 0.227 e. The molecule has 0 aliphatic carbocycles. The lowest BCUT2D eigenvalue weighted by molar-refractivity contribution is -0.126. The Kier molecular flexibility index (Phi) is 5.94. The zero-order valence-electron chi connectivity index (χ0n) is 16.4. The van der Waals surface area contributed by atoms with E-state index in [0.717, 1.165) is 17.7 Å². The second-order valence-corrected chi connectivity index (χ2v) is 7.54. The third-order valence-electron chi connectivity index (χ3n) is 5.27. The van der Waals surface area contributed by atoms with Gasteiger partial charge in [-0.3, -0.25) is 9.59 Å². The number of amides is 2. The minimum atomic E-state index is -0.293. The predicted molar refractivity (Wildman–Crippen MR) is 109 cm³/mol. The number of hydrogen-bond acceptors (Lipinski definition) is 2. The number of carbonyl (C=O) groups is 2. The molecule has 0 aromatic heterocycles. The van der Waals surface area contributed by atoms with Crippen LogP contribution in [-0.4, -0.2) is 18.4 Å². The minimum Gasteiger partial charge on any atom is -0.352 e. The van der Waals surface area contributed by atoms with Crippen molar-refractivity contribution in [2.45, 2.75) is 46.1 Å². The average Bonchev–Trinajstić information content (AvgIpc) is 3.08. The van der Waals surface area contributed by atoms with Gasteiger partial charge in [0.15, 0.2) is 0 Å². The molecule has 1 saturated heterocycles. The van der Waals surface area contributed by atoms with E-state index < -0.39 is 0 Å². The van der Waals surface area contributed by atoms with Crippen LogP contribution in [0.25, 0.3) is 0 Å². The number of rotatable bonds is 6. The van der Waals surface area contributed by atoms with Gasteiger partial charge in [-0.2, -0.15) is 0 Å². The Balaban J connectivity index is 1.56. The maximum Gasteiger partial charge on any atom is 0.227 e. The maximum absolute atomic E-state index is 12.5. The van der Waals surface area contributed by atoms with Crippen LogP contribution < -0.4 is 10.2 Å². The lowest BCUT2D eigenvalue weighted by atomic mass is 10.0. The van der Waals surface area contributed by atoms with Crippen LogP contribution in [0.2, 0.25) is 0 Å². The van der Waals surface area contributed by atoms with E-state index in [2.05, 4.69) is 50.4 Å². The summed E-state index contributed by atoms with van der Waals surface area (Å²) < 4.78 is 0. The molecule has 4 nitrogen and oxygen atoms in total. The van der Waals surface area contributed by atoms with Gasteiger partial charge in [0.1, 0.15) is 0 Å². The third kappa shape index (κ3) is 4.57. The lowest BCUT2D eigenvalue weighted by Gasteiger charge is -2.17. The Morgan fingerprint density at radius 3 is 2.30 bits per heavy atom. The normalized spacial score (nSPS) is 16.8. The molecule has 27 heavy (non-hydrogen) atoms. The largest absolute Gasteiger partial charge is 0.352 e. The molecule has 1 aliphatic rings. The van der Waals surface area contributed by atoms with Crippen molar-refractivity contribution in [1.29, 1.82) is 0 Å². The third-order valence-corrected chi connectivity index (χ3v) is 5.27. The number of carbonyl (C=O) groups excluding carboxylic acids is 2. The van der Waals surface area contributed by atoms with Crippen LogP contribution in [0.4, 0.5) is 5.69 Å².